The summed E-state index contributed by atoms with van der Waals surface area (Å²) in [6, 6.07) is 0. The van der Waals surface area contributed by atoms with Crippen LogP contribution in [0.4, 0.5) is 5.13 Å². The predicted octanol–water partition coefficient (Wildman–Crippen LogP) is 3.53. The summed E-state index contributed by atoms with van der Waals surface area (Å²) in [5.41, 5.74) is 1.39. The van der Waals surface area contributed by atoms with Gasteiger partial charge >= 0.3 is 0 Å². The van der Waals surface area contributed by atoms with Crippen molar-refractivity contribution < 1.29 is 4.79 Å². The lowest BCUT2D eigenvalue weighted by atomic mass is 9.97. The van der Waals surface area contributed by atoms with E-state index in [0.29, 0.717) is 0 Å². The lowest BCUT2D eigenvalue weighted by Crippen LogP contribution is -2.23. The van der Waals surface area contributed by atoms with Crippen LogP contribution in [0, 0.1) is 0 Å². The molecule has 4 nitrogen and oxygen atoms in total. The number of carbonyl (C=O) groups is 1. The van der Waals surface area contributed by atoms with Crippen molar-refractivity contribution in [2.45, 2.75) is 46.5 Å². The van der Waals surface area contributed by atoms with Crippen LogP contribution < -0.4 is 9.57 Å². The molecule has 0 aliphatic heterocycles. The van der Waals surface area contributed by atoms with Gasteiger partial charge < -0.3 is 4.90 Å². The molecule has 22 heavy (non-hydrogen) atoms. The minimum atomic E-state index is -0.134. The molecule has 0 saturated heterocycles. The van der Waals surface area contributed by atoms with Gasteiger partial charge in [0.25, 0.3) is 0 Å². The van der Waals surface area contributed by atoms with E-state index < -0.39 is 0 Å². The standard InChI is InChI=1S/C16H21N3OS2/c1-4-19(5-2)16-18-15-13(14(22-16)17-10(3)20)11-8-6-7-9-12(11)21-15/h4-9H2,1-3H3. The number of aryl methyl sites for hydroxylation is 2. The average molecular weight is 335 g/mol. The minimum absolute atomic E-state index is 0.134. The molecule has 0 spiro atoms. The second kappa shape index (κ2) is 6.46. The molecule has 0 N–H and O–H groups in total. The highest BCUT2D eigenvalue weighted by molar-refractivity contribution is 7.20. The molecule has 118 valence electrons. The first-order chi connectivity index (χ1) is 10.6. The van der Waals surface area contributed by atoms with Crippen LogP contribution in [0.25, 0.3) is 10.2 Å². The molecule has 0 bridgehead atoms. The molecular weight excluding hydrogens is 314 g/mol. The first-order valence-electron chi connectivity index (χ1n) is 7.89. The molecule has 2 aromatic heterocycles. The maximum atomic E-state index is 11.6. The Morgan fingerprint density at radius 2 is 1.95 bits per heavy atom. The van der Waals surface area contributed by atoms with Gasteiger partial charge in [0, 0.05) is 24.9 Å². The Balaban J connectivity index is 2.30. The third-order valence-corrected chi connectivity index (χ3v) is 6.25. The molecule has 1 amide bonds. The predicted molar refractivity (Wildman–Crippen MR) is 93.9 cm³/mol. The van der Waals surface area contributed by atoms with E-state index in [1.54, 1.807) is 22.7 Å². The van der Waals surface area contributed by atoms with Crippen molar-refractivity contribution in [3.63, 3.8) is 0 Å². The normalized spacial score (nSPS) is 15.1. The van der Waals surface area contributed by atoms with Gasteiger partial charge in [-0.1, -0.05) is 11.3 Å². The molecule has 1 aliphatic carbocycles. The van der Waals surface area contributed by atoms with Crippen molar-refractivity contribution in [2.24, 2.45) is 4.99 Å². The van der Waals surface area contributed by atoms with Crippen LogP contribution in [-0.2, 0) is 17.6 Å². The van der Waals surface area contributed by atoms with E-state index in [1.165, 1.54) is 30.2 Å². The summed E-state index contributed by atoms with van der Waals surface area (Å²) >= 11 is 3.34. The Morgan fingerprint density at radius 3 is 2.64 bits per heavy atom. The fraction of sp³-hybridized carbons (Fsp3) is 0.562. The van der Waals surface area contributed by atoms with Gasteiger partial charge in [0.15, 0.2) is 5.13 Å². The highest BCUT2D eigenvalue weighted by Crippen LogP contribution is 2.35. The molecule has 2 aromatic rings. The number of aromatic nitrogens is 1. The van der Waals surface area contributed by atoms with Gasteiger partial charge in [0.2, 0.25) is 5.91 Å². The Hall–Kier alpha value is -1.27. The summed E-state index contributed by atoms with van der Waals surface area (Å²) in [6.45, 7) is 7.60. The maximum Gasteiger partial charge on any atom is 0.243 e. The van der Waals surface area contributed by atoms with Crippen molar-refractivity contribution in [1.29, 1.82) is 0 Å². The smallest absolute Gasteiger partial charge is 0.243 e. The highest BCUT2D eigenvalue weighted by Gasteiger charge is 2.20. The van der Waals surface area contributed by atoms with Gasteiger partial charge in [0.05, 0.1) is 5.39 Å². The molecule has 0 aromatic carbocycles. The lowest BCUT2D eigenvalue weighted by molar-refractivity contribution is -0.116. The van der Waals surface area contributed by atoms with Crippen LogP contribution in [0.2, 0.25) is 0 Å². The zero-order chi connectivity index (χ0) is 15.7. The van der Waals surface area contributed by atoms with E-state index in [-0.39, 0.29) is 5.91 Å². The van der Waals surface area contributed by atoms with Crippen LogP contribution in [0.1, 0.15) is 44.1 Å². The van der Waals surface area contributed by atoms with Crippen molar-refractivity contribution in [2.75, 3.05) is 18.0 Å². The van der Waals surface area contributed by atoms with Crippen LogP contribution in [0.5, 0.6) is 0 Å². The maximum absolute atomic E-state index is 11.6. The fourth-order valence-corrected chi connectivity index (χ4v) is 5.53. The van der Waals surface area contributed by atoms with E-state index >= 15 is 0 Å². The largest absolute Gasteiger partial charge is 0.349 e. The molecular formula is C16H21N3OS2. The van der Waals surface area contributed by atoms with Gasteiger partial charge in [-0.3, -0.25) is 4.79 Å². The molecule has 0 unspecified atom stereocenters. The summed E-state index contributed by atoms with van der Waals surface area (Å²) in [7, 11) is 0. The number of rotatable bonds is 3. The number of amides is 1. The number of nitrogens with zero attached hydrogens (tertiary/aromatic N) is 3. The molecule has 0 saturated carbocycles. The second-order valence-corrected chi connectivity index (χ2v) is 7.54. The number of thiophene rings is 1. The summed E-state index contributed by atoms with van der Waals surface area (Å²) < 4.78 is 0.846. The molecule has 1 aliphatic rings. The van der Waals surface area contributed by atoms with Crippen LogP contribution in [0.3, 0.4) is 0 Å². The monoisotopic (exact) mass is 335 g/mol. The molecule has 0 fully saturated rings. The first-order valence-corrected chi connectivity index (χ1v) is 9.53. The van der Waals surface area contributed by atoms with E-state index in [1.807, 2.05) is 0 Å². The second-order valence-electron chi connectivity index (χ2n) is 5.50. The SMILES string of the molecule is CCN(CC)c1nc2sc3c(c2c(=NC(C)=O)s1)CCCC3. The number of anilines is 1. The zero-order valence-electron chi connectivity index (χ0n) is 13.3. The van der Waals surface area contributed by atoms with E-state index in [4.69, 9.17) is 4.98 Å². The number of hydrogen-bond donors (Lipinski definition) is 0. The quantitative estimate of drug-likeness (QED) is 0.862. The molecule has 0 atom stereocenters. The summed E-state index contributed by atoms with van der Waals surface area (Å²) in [5.74, 6) is -0.134. The van der Waals surface area contributed by atoms with Crippen LogP contribution in [-0.4, -0.2) is 24.0 Å². The van der Waals surface area contributed by atoms with E-state index in [0.717, 1.165) is 46.0 Å². The van der Waals surface area contributed by atoms with E-state index in [2.05, 4.69) is 23.7 Å². The van der Waals surface area contributed by atoms with Gasteiger partial charge in [-0.15, -0.1) is 11.3 Å². The van der Waals surface area contributed by atoms with Crippen molar-refractivity contribution >= 4 is 43.9 Å². The summed E-state index contributed by atoms with van der Waals surface area (Å²) in [5, 5.41) is 2.10. The summed E-state index contributed by atoms with van der Waals surface area (Å²) in [4.78, 5) is 25.5. The van der Waals surface area contributed by atoms with Crippen molar-refractivity contribution in [3.05, 3.63) is 15.1 Å². The topological polar surface area (TPSA) is 45.6 Å². The lowest BCUT2D eigenvalue weighted by Gasteiger charge is -2.18. The van der Waals surface area contributed by atoms with E-state index in [9.17, 15) is 4.79 Å². The Kier molecular flexibility index (Phi) is 4.59. The van der Waals surface area contributed by atoms with Gasteiger partial charge in [-0.2, -0.15) is 0 Å². The molecule has 6 heteroatoms. The minimum Gasteiger partial charge on any atom is -0.349 e. The first kappa shape index (κ1) is 15.6. The summed E-state index contributed by atoms with van der Waals surface area (Å²) in [6.07, 6.45) is 4.71. The Morgan fingerprint density at radius 1 is 1.23 bits per heavy atom. The van der Waals surface area contributed by atoms with Crippen LogP contribution in [0.15, 0.2) is 4.99 Å². The number of hydrogen-bond acceptors (Lipinski definition) is 5. The van der Waals surface area contributed by atoms with Crippen LogP contribution >= 0.6 is 22.7 Å². The Labute approximate surface area is 138 Å². The Bertz CT molecular complexity index is 772. The number of fused-ring (bicyclic) bond motifs is 3. The van der Waals surface area contributed by atoms with Gasteiger partial charge in [-0.05, 0) is 45.1 Å². The fourth-order valence-electron chi connectivity index (χ4n) is 2.95. The van der Waals surface area contributed by atoms with Gasteiger partial charge in [-0.25, -0.2) is 9.98 Å². The third kappa shape index (κ3) is 2.82. The van der Waals surface area contributed by atoms with Crippen molar-refractivity contribution in [3.8, 4) is 0 Å². The van der Waals surface area contributed by atoms with Crippen molar-refractivity contribution in [1.82, 2.24) is 4.98 Å². The highest BCUT2D eigenvalue weighted by atomic mass is 32.1. The van der Waals surface area contributed by atoms with Gasteiger partial charge in [0.1, 0.15) is 9.50 Å². The molecule has 2 heterocycles. The molecule has 3 rings (SSSR count). The third-order valence-electron chi connectivity index (χ3n) is 4.04. The molecule has 0 radical (unpaired) electrons. The number of carbonyl (C=O) groups excluding carboxylic acids is 1. The zero-order valence-corrected chi connectivity index (χ0v) is 14.9. The average Bonchev–Trinajstić information content (AvgIpc) is 2.86.